The normalized spacial score (nSPS) is 11.1. The fraction of sp³-hybridized carbons (Fsp3) is 0.154. The van der Waals surface area contributed by atoms with E-state index in [2.05, 4.69) is 41.4 Å². The summed E-state index contributed by atoms with van der Waals surface area (Å²) in [5, 5.41) is 5.41. The molecule has 16 heavy (non-hydrogen) atoms. The van der Waals surface area contributed by atoms with Crippen LogP contribution in [0.2, 0.25) is 0 Å². The van der Waals surface area contributed by atoms with E-state index in [0.717, 1.165) is 16.8 Å². The van der Waals surface area contributed by atoms with Crippen LogP contribution in [-0.4, -0.2) is 14.8 Å². The van der Waals surface area contributed by atoms with Gasteiger partial charge in [0, 0.05) is 29.7 Å². The molecule has 0 aliphatic heterocycles. The molecule has 0 atom stereocenters. The van der Waals surface area contributed by atoms with Crippen molar-refractivity contribution in [2.24, 2.45) is 7.05 Å². The number of rotatable bonds is 1. The van der Waals surface area contributed by atoms with Crippen LogP contribution in [0.15, 0.2) is 30.5 Å². The van der Waals surface area contributed by atoms with E-state index in [1.165, 1.54) is 10.9 Å². The van der Waals surface area contributed by atoms with Crippen LogP contribution >= 0.6 is 0 Å². The summed E-state index contributed by atoms with van der Waals surface area (Å²) in [5.41, 5.74) is 4.59. The minimum atomic E-state index is 1.13. The second-order valence-corrected chi connectivity index (χ2v) is 3.98. The number of aromatic nitrogens is 3. The molecule has 2 heterocycles. The molecule has 3 nitrogen and oxygen atoms in total. The second-order valence-electron chi connectivity index (χ2n) is 3.98. The molecular weight excluding hydrogens is 198 g/mol. The smallest absolute Gasteiger partial charge is 0.0679 e. The van der Waals surface area contributed by atoms with E-state index in [-0.39, 0.29) is 0 Å². The van der Waals surface area contributed by atoms with Crippen molar-refractivity contribution in [3.8, 4) is 11.3 Å². The molecule has 0 saturated heterocycles. The summed E-state index contributed by atoms with van der Waals surface area (Å²) in [6.45, 7) is 2.06. The zero-order valence-corrected chi connectivity index (χ0v) is 9.28. The average molecular weight is 210 g/mol. The van der Waals surface area contributed by atoms with Gasteiger partial charge < -0.3 is 4.98 Å². The van der Waals surface area contributed by atoms with Gasteiger partial charge in [-0.25, -0.2) is 0 Å². The molecule has 3 rings (SSSR count). The van der Waals surface area contributed by atoms with Gasteiger partial charge in [0.25, 0.3) is 0 Å². The maximum absolute atomic E-state index is 4.18. The summed E-state index contributed by atoms with van der Waals surface area (Å²) >= 11 is 0. The highest BCUT2D eigenvalue weighted by atomic mass is 15.2. The highest BCUT2D eigenvalue weighted by Gasteiger charge is 2.05. The first-order valence-corrected chi connectivity index (χ1v) is 5.24. The lowest BCUT2D eigenvalue weighted by molar-refractivity contribution is 0.776. The van der Waals surface area contributed by atoms with Crippen LogP contribution in [0, 0.1) is 13.1 Å². The molecule has 0 amide bonds. The summed E-state index contributed by atoms with van der Waals surface area (Å²) in [4.78, 5) is 3.13. The van der Waals surface area contributed by atoms with Crippen molar-refractivity contribution >= 4 is 10.9 Å². The van der Waals surface area contributed by atoms with Gasteiger partial charge in [0.2, 0.25) is 0 Å². The summed E-state index contributed by atoms with van der Waals surface area (Å²) in [6, 6.07) is 8.38. The topological polar surface area (TPSA) is 33.6 Å². The van der Waals surface area contributed by atoms with Crippen molar-refractivity contribution in [1.82, 2.24) is 14.8 Å². The predicted molar refractivity (Wildman–Crippen MR) is 64.1 cm³/mol. The quantitative estimate of drug-likeness (QED) is 0.658. The fourth-order valence-electron chi connectivity index (χ4n) is 2.01. The van der Waals surface area contributed by atoms with Crippen molar-refractivity contribution < 1.29 is 0 Å². The Morgan fingerprint density at radius 3 is 2.94 bits per heavy atom. The van der Waals surface area contributed by atoms with E-state index in [4.69, 9.17) is 0 Å². The van der Waals surface area contributed by atoms with Crippen LogP contribution in [0.1, 0.15) is 5.56 Å². The zero-order valence-electron chi connectivity index (χ0n) is 9.28. The third kappa shape index (κ3) is 1.25. The van der Waals surface area contributed by atoms with Gasteiger partial charge in [-0.2, -0.15) is 5.10 Å². The van der Waals surface area contributed by atoms with Gasteiger partial charge >= 0.3 is 0 Å². The van der Waals surface area contributed by atoms with E-state index < -0.39 is 0 Å². The maximum atomic E-state index is 4.18. The van der Waals surface area contributed by atoms with Gasteiger partial charge in [0.1, 0.15) is 0 Å². The monoisotopic (exact) mass is 210 g/mol. The average Bonchev–Trinajstić information content (AvgIpc) is 2.86. The largest absolute Gasteiger partial charge is 0.353 e. The minimum Gasteiger partial charge on any atom is -0.353 e. The molecule has 0 aliphatic rings. The fourth-order valence-corrected chi connectivity index (χ4v) is 2.01. The Morgan fingerprint density at radius 2 is 2.19 bits per heavy atom. The standard InChI is InChI=1S/C13H12N3/c1-9-8-14-12-4-3-10(7-11(9)12)13-5-6-15-16(13)2/h3-7,14H,1-2H3. The van der Waals surface area contributed by atoms with E-state index >= 15 is 0 Å². The van der Waals surface area contributed by atoms with E-state index in [0.29, 0.717) is 0 Å². The first-order valence-electron chi connectivity index (χ1n) is 5.24. The number of aromatic amines is 1. The number of H-pyrrole nitrogens is 1. The molecule has 2 aromatic heterocycles. The second kappa shape index (κ2) is 3.23. The number of benzene rings is 1. The van der Waals surface area contributed by atoms with E-state index in [1.807, 2.05) is 24.0 Å². The van der Waals surface area contributed by atoms with Crippen LogP contribution in [-0.2, 0) is 7.05 Å². The molecule has 0 aliphatic carbocycles. The highest BCUT2D eigenvalue weighted by Crippen LogP contribution is 2.25. The number of nitrogens with zero attached hydrogens (tertiary/aromatic N) is 2. The zero-order chi connectivity index (χ0) is 11.1. The van der Waals surface area contributed by atoms with Crippen molar-refractivity contribution in [2.45, 2.75) is 6.92 Å². The third-order valence-corrected chi connectivity index (χ3v) is 2.92. The van der Waals surface area contributed by atoms with Crippen LogP contribution in [0.4, 0.5) is 0 Å². The molecule has 79 valence electrons. The molecule has 0 unspecified atom stereocenters. The van der Waals surface area contributed by atoms with Crippen molar-refractivity contribution in [2.75, 3.05) is 0 Å². The minimum absolute atomic E-state index is 1.13. The lowest BCUT2D eigenvalue weighted by Gasteiger charge is -2.02. The summed E-state index contributed by atoms with van der Waals surface area (Å²) in [5.74, 6) is 0. The number of fused-ring (bicyclic) bond motifs is 1. The number of nitrogens with one attached hydrogen (secondary N) is 1. The van der Waals surface area contributed by atoms with Crippen molar-refractivity contribution in [3.63, 3.8) is 0 Å². The number of hydrogen-bond donors (Lipinski definition) is 1. The summed E-state index contributed by atoms with van der Waals surface area (Å²) in [6.07, 6.45) is 4.93. The Labute approximate surface area is 93.7 Å². The van der Waals surface area contributed by atoms with Crippen LogP contribution < -0.4 is 0 Å². The van der Waals surface area contributed by atoms with Crippen LogP contribution in [0.3, 0.4) is 0 Å². The van der Waals surface area contributed by atoms with E-state index in [9.17, 15) is 0 Å². The molecule has 0 fully saturated rings. The molecule has 0 spiro atoms. The first-order chi connectivity index (χ1) is 7.75. The third-order valence-electron chi connectivity index (χ3n) is 2.92. The number of aryl methyl sites for hydroxylation is 2. The van der Waals surface area contributed by atoms with Crippen LogP contribution in [0.25, 0.3) is 22.2 Å². The number of hydrogen-bond acceptors (Lipinski definition) is 1. The first kappa shape index (κ1) is 9.21. The SMILES string of the molecule is Cc1[c][nH]c2ccc(-c3ccnn3C)cc12. The predicted octanol–water partition coefficient (Wildman–Crippen LogP) is 2.68. The molecule has 1 radical (unpaired) electrons. The van der Waals surface area contributed by atoms with Crippen molar-refractivity contribution in [1.29, 1.82) is 0 Å². The van der Waals surface area contributed by atoms with Crippen LogP contribution in [0.5, 0.6) is 0 Å². The molecule has 3 aromatic rings. The Balaban J connectivity index is 2.25. The summed E-state index contributed by atoms with van der Waals surface area (Å²) < 4.78 is 1.88. The lowest BCUT2D eigenvalue weighted by Crippen LogP contribution is -1.92. The Hall–Kier alpha value is -2.03. The lowest BCUT2D eigenvalue weighted by atomic mass is 10.1. The molecular formula is C13H12N3. The summed E-state index contributed by atoms with van der Waals surface area (Å²) in [7, 11) is 1.95. The molecule has 1 aromatic carbocycles. The molecule has 1 N–H and O–H groups in total. The van der Waals surface area contributed by atoms with Gasteiger partial charge in [-0.3, -0.25) is 4.68 Å². The Morgan fingerprint density at radius 1 is 1.31 bits per heavy atom. The van der Waals surface area contributed by atoms with Gasteiger partial charge in [0.15, 0.2) is 0 Å². The Kier molecular flexibility index (Phi) is 1.86. The van der Waals surface area contributed by atoms with Gasteiger partial charge in [-0.05, 0) is 30.7 Å². The maximum Gasteiger partial charge on any atom is 0.0679 e. The van der Waals surface area contributed by atoms with Gasteiger partial charge in [-0.15, -0.1) is 0 Å². The molecule has 0 bridgehead atoms. The molecule has 3 heteroatoms. The molecule has 0 saturated carbocycles. The van der Waals surface area contributed by atoms with Gasteiger partial charge in [0.05, 0.1) is 11.9 Å². The van der Waals surface area contributed by atoms with Gasteiger partial charge in [-0.1, -0.05) is 6.07 Å². The Bertz CT molecular complexity index is 646. The highest BCUT2D eigenvalue weighted by molar-refractivity contribution is 5.87. The van der Waals surface area contributed by atoms with E-state index in [1.54, 1.807) is 0 Å². The van der Waals surface area contributed by atoms with Crippen molar-refractivity contribution in [3.05, 3.63) is 42.2 Å².